The largest absolute Gasteiger partial charge is 0.508 e. The number of carbonyl (C=O) groups excluding carboxylic acids is 4. The summed E-state index contributed by atoms with van der Waals surface area (Å²) in [6, 6.07) is 30.3. The Morgan fingerprint density at radius 3 is 1.35 bits per heavy atom. The van der Waals surface area contributed by atoms with Gasteiger partial charge in [-0.05, 0) is 161 Å². The molecule has 2 N–H and O–H groups in total. The van der Waals surface area contributed by atoms with E-state index >= 15 is 0 Å². The molecule has 0 saturated carbocycles. The quantitative estimate of drug-likeness (QED) is 0.0134. The minimum absolute atomic E-state index is 0.0549. The van der Waals surface area contributed by atoms with Gasteiger partial charge in [-0.15, -0.1) is 0 Å². The fraction of sp³-hybridized carbons (Fsp3) is 0.231. The highest BCUT2D eigenvalue weighted by Crippen LogP contribution is 2.33. The zero-order valence-corrected chi connectivity index (χ0v) is 36.5. The average Bonchev–Trinajstić information content (AvgIpc) is 3.33. The van der Waals surface area contributed by atoms with E-state index in [-0.39, 0.29) is 39.8 Å². The molecule has 0 aliphatic carbocycles. The number of unbranched alkanes of at least 4 members (excludes halogenated alkanes) is 6. The molecule has 0 unspecified atom stereocenters. The molecule has 0 bridgehead atoms. The van der Waals surface area contributed by atoms with Crippen molar-refractivity contribution in [1.29, 1.82) is 0 Å². The molecule has 5 aromatic rings. The zero-order chi connectivity index (χ0) is 46.9. The molecular weight excluding hydrogens is 845 g/mol. The molecule has 5 rings (SSSR count). The van der Waals surface area contributed by atoms with Gasteiger partial charge in [-0.25, -0.2) is 29.2 Å². The third-order valence-corrected chi connectivity index (χ3v) is 9.63. The van der Waals surface area contributed by atoms with Gasteiger partial charge < -0.3 is 38.6 Å². The summed E-state index contributed by atoms with van der Waals surface area (Å²) >= 11 is 0. The van der Waals surface area contributed by atoms with Crippen LogP contribution < -0.4 is 18.9 Å². The average molecular weight is 897 g/mol. The van der Waals surface area contributed by atoms with Gasteiger partial charge in [-0.3, -0.25) is 0 Å². The highest BCUT2D eigenvalue weighted by atomic mass is 16.5. The third kappa shape index (κ3) is 16.6. The number of ether oxygens (including phenoxy) is 6. The van der Waals surface area contributed by atoms with Crippen LogP contribution in [0.5, 0.6) is 34.5 Å². The number of aliphatic imine (C=N–C) groups is 2. The summed E-state index contributed by atoms with van der Waals surface area (Å²) in [6.07, 6.45) is 10.2. The lowest BCUT2D eigenvalue weighted by Crippen LogP contribution is -2.10. The monoisotopic (exact) mass is 896 g/mol. The summed E-state index contributed by atoms with van der Waals surface area (Å²) in [5.74, 6) is -0.703. The van der Waals surface area contributed by atoms with E-state index in [1.54, 1.807) is 72.8 Å². The number of carbonyl (C=O) groups is 4. The molecule has 0 amide bonds. The lowest BCUT2D eigenvalue weighted by Gasteiger charge is -2.11. The number of benzene rings is 5. The van der Waals surface area contributed by atoms with E-state index in [1.807, 2.05) is 0 Å². The highest BCUT2D eigenvalue weighted by molar-refractivity contribution is 6.15. The van der Waals surface area contributed by atoms with E-state index in [4.69, 9.17) is 28.4 Å². The van der Waals surface area contributed by atoms with Crippen LogP contribution in [0.2, 0.25) is 0 Å². The Labute approximate surface area is 383 Å². The van der Waals surface area contributed by atoms with E-state index in [9.17, 15) is 29.4 Å². The summed E-state index contributed by atoms with van der Waals surface area (Å²) < 4.78 is 33.2. The predicted octanol–water partition coefficient (Wildman–Crippen LogP) is 10.1. The number of rotatable bonds is 26. The molecule has 0 aliphatic rings. The first-order valence-electron chi connectivity index (χ1n) is 21.4. The number of esters is 4. The van der Waals surface area contributed by atoms with Crippen molar-refractivity contribution in [2.45, 2.75) is 51.4 Å². The van der Waals surface area contributed by atoms with Gasteiger partial charge in [-0.2, -0.15) is 0 Å². The van der Waals surface area contributed by atoms with Crippen LogP contribution >= 0.6 is 0 Å². The number of hydrogen-bond acceptors (Lipinski definition) is 13. The Morgan fingerprint density at radius 2 is 0.894 bits per heavy atom. The van der Waals surface area contributed by atoms with E-state index in [1.165, 1.54) is 48.8 Å². The van der Waals surface area contributed by atoms with Crippen molar-refractivity contribution in [3.63, 3.8) is 0 Å². The van der Waals surface area contributed by atoms with Gasteiger partial charge in [0, 0.05) is 29.3 Å². The molecule has 0 saturated heterocycles. The maximum atomic E-state index is 13.4. The fourth-order valence-electron chi connectivity index (χ4n) is 6.11. The minimum Gasteiger partial charge on any atom is -0.508 e. The SMILES string of the molecule is C=CC(=O)OCCCCCCOc1ccc(C(=O)Oc2ccc(OC(=O)c3ccc(OCCCCCCOC(=O)C=C)cc3)c(N=CN=C(c3ccc(O)cc3)c3ccc(O)cc3)c2)cc1. The highest BCUT2D eigenvalue weighted by Gasteiger charge is 2.16. The van der Waals surface area contributed by atoms with Gasteiger partial charge in [0.1, 0.15) is 40.8 Å². The van der Waals surface area contributed by atoms with Gasteiger partial charge in [0.15, 0.2) is 5.75 Å². The molecule has 0 fully saturated rings. The standard InChI is InChI=1S/C52H52N2O12/c1-3-48(57)63-33-11-7-5-9-31-61-43-25-17-39(18-26-43)51(59)65-45-29-30-47(66-52(60)40-19-27-44(28-20-40)62-32-10-6-8-12-34-64-49(58)4-2)46(35-45)53-36-54-50(37-13-21-41(55)22-14-37)38-15-23-42(56)24-16-38/h3-4,13-30,35-36,55-56H,1-2,5-12,31-34H2. The second kappa shape index (κ2) is 26.6. The van der Waals surface area contributed by atoms with Crippen molar-refractivity contribution in [2.75, 3.05) is 26.4 Å². The molecular formula is C52H52N2O12. The minimum atomic E-state index is -0.675. The molecule has 0 radical (unpaired) electrons. The van der Waals surface area contributed by atoms with Crippen molar-refractivity contribution in [3.05, 3.63) is 163 Å². The van der Waals surface area contributed by atoms with Gasteiger partial charge in [-0.1, -0.05) is 13.2 Å². The van der Waals surface area contributed by atoms with Crippen LogP contribution in [0.3, 0.4) is 0 Å². The van der Waals surface area contributed by atoms with E-state index in [2.05, 4.69) is 23.1 Å². The molecule has 14 nitrogen and oxygen atoms in total. The number of hydrogen-bond donors (Lipinski definition) is 2. The smallest absolute Gasteiger partial charge is 0.343 e. The third-order valence-electron chi connectivity index (χ3n) is 9.63. The second-order valence-corrected chi connectivity index (χ2v) is 14.5. The molecule has 14 heteroatoms. The van der Waals surface area contributed by atoms with Gasteiger partial charge in [0.2, 0.25) is 0 Å². The summed E-state index contributed by atoms with van der Waals surface area (Å²) in [4.78, 5) is 58.1. The Morgan fingerprint density at radius 1 is 0.485 bits per heavy atom. The first-order chi connectivity index (χ1) is 32.1. The fourth-order valence-corrected chi connectivity index (χ4v) is 6.11. The van der Waals surface area contributed by atoms with Crippen LogP contribution in [0.4, 0.5) is 5.69 Å². The first kappa shape index (κ1) is 49.0. The van der Waals surface area contributed by atoms with Gasteiger partial charge >= 0.3 is 23.9 Å². The van der Waals surface area contributed by atoms with Gasteiger partial charge in [0.05, 0.1) is 43.3 Å². The Bertz CT molecular complexity index is 2400. The van der Waals surface area contributed by atoms with E-state index < -0.39 is 23.9 Å². The van der Waals surface area contributed by atoms with E-state index in [0.29, 0.717) is 54.8 Å². The Hall–Kier alpha value is -8.00. The zero-order valence-electron chi connectivity index (χ0n) is 36.5. The number of aromatic hydroxyl groups is 2. The molecule has 0 aliphatic heterocycles. The predicted molar refractivity (Wildman–Crippen MR) is 249 cm³/mol. The molecule has 0 atom stereocenters. The lowest BCUT2D eigenvalue weighted by molar-refractivity contribution is -0.138. The molecule has 0 heterocycles. The van der Waals surface area contributed by atoms with Crippen LogP contribution in [0, 0.1) is 0 Å². The van der Waals surface area contributed by atoms with Crippen molar-refractivity contribution >= 4 is 41.6 Å². The van der Waals surface area contributed by atoms with Crippen molar-refractivity contribution < 1.29 is 57.8 Å². The summed E-state index contributed by atoms with van der Waals surface area (Å²) in [5, 5.41) is 19.8. The second-order valence-electron chi connectivity index (χ2n) is 14.5. The Balaban J connectivity index is 1.25. The van der Waals surface area contributed by atoms with Crippen molar-refractivity contribution in [2.24, 2.45) is 9.98 Å². The maximum Gasteiger partial charge on any atom is 0.343 e. The van der Waals surface area contributed by atoms with E-state index in [0.717, 1.165) is 63.5 Å². The molecule has 0 spiro atoms. The normalized spacial score (nSPS) is 10.7. The molecule has 0 aromatic heterocycles. The number of nitrogens with zero attached hydrogens (tertiary/aromatic N) is 2. The first-order valence-corrected chi connectivity index (χ1v) is 21.4. The number of phenolic OH excluding ortho intramolecular Hbond substituents is 2. The van der Waals surface area contributed by atoms with Crippen molar-refractivity contribution in [3.8, 4) is 34.5 Å². The van der Waals surface area contributed by atoms with Crippen molar-refractivity contribution in [1.82, 2.24) is 0 Å². The Kier molecular flexibility index (Phi) is 19.7. The topological polar surface area (TPSA) is 189 Å². The van der Waals surface area contributed by atoms with Crippen LogP contribution in [-0.4, -0.2) is 72.6 Å². The summed E-state index contributed by atoms with van der Waals surface area (Å²) in [7, 11) is 0. The summed E-state index contributed by atoms with van der Waals surface area (Å²) in [5.41, 5.74) is 2.39. The van der Waals surface area contributed by atoms with Gasteiger partial charge in [0.25, 0.3) is 0 Å². The summed E-state index contributed by atoms with van der Waals surface area (Å²) in [6.45, 7) is 8.40. The van der Waals surface area contributed by atoms with Crippen LogP contribution in [0.1, 0.15) is 83.2 Å². The lowest BCUT2D eigenvalue weighted by atomic mass is 10.0. The maximum absolute atomic E-state index is 13.4. The molecule has 5 aromatic carbocycles. The molecule has 66 heavy (non-hydrogen) atoms. The number of phenols is 2. The van der Waals surface area contributed by atoms with Crippen LogP contribution in [0.15, 0.2) is 151 Å². The molecule has 342 valence electrons. The van der Waals surface area contributed by atoms with Crippen LogP contribution in [-0.2, 0) is 19.1 Å². The van der Waals surface area contributed by atoms with Crippen LogP contribution in [0.25, 0.3) is 0 Å².